The zero-order chi connectivity index (χ0) is 28.7. The monoisotopic (exact) mass is 554 g/mol. The van der Waals surface area contributed by atoms with Gasteiger partial charge in [-0.2, -0.15) is 9.97 Å². The molecular weight excluding hydrogens is 532 g/mol. The van der Waals surface area contributed by atoms with Gasteiger partial charge in [-0.3, -0.25) is 13.8 Å². The quantitative estimate of drug-likeness (QED) is 0.213. The molecule has 0 saturated heterocycles. The van der Waals surface area contributed by atoms with Gasteiger partial charge in [0.25, 0.3) is 5.56 Å². The Labute approximate surface area is 244 Å². The summed E-state index contributed by atoms with van der Waals surface area (Å²) in [5, 5.41) is 4.50. The summed E-state index contributed by atoms with van der Waals surface area (Å²) < 4.78 is 3.86. The third-order valence-electron chi connectivity index (χ3n) is 8.27. The first-order valence-electron chi connectivity index (χ1n) is 14.1. The minimum absolute atomic E-state index is 0.0522. The van der Waals surface area contributed by atoms with Crippen LogP contribution in [0, 0.1) is 6.92 Å². The Hall–Kier alpha value is -5.95. The highest BCUT2D eigenvalue weighted by Crippen LogP contribution is 2.40. The lowest BCUT2D eigenvalue weighted by Crippen LogP contribution is -2.14. The molecule has 202 valence electrons. The Morgan fingerprint density at radius 2 is 1.14 bits per heavy atom. The van der Waals surface area contributed by atoms with Crippen LogP contribution in [-0.2, 0) is 0 Å². The minimum atomic E-state index is -0.0522. The average Bonchev–Trinajstić information content (AvgIpc) is 3.59. The van der Waals surface area contributed by atoms with Crippen molar-refractivity contribution in [2.45, 2.75) is 6.92 Å². The maximum atomic E-state index is 13.6. The van der Waals surface area contributed by atoms with Gasteiger partial charge in [-0.25, -0.2) is 9.97 Å². The smallest absolute Gasteiger partial charge is 0.264 e. The molecule has 0 aliphatic heterocycles. The molecule has 4 aromatic heterocycles. The van der Waals surface area contributed by atoms with Gasteiger partial charge in [0, 0.05) is 32.7 Å². The SMILES string of the molecule is Cc1nc2c3c4ccccc4n(-c4nc(-c5ccccc5)nc(-c5ccccc5)n4)c3cc3c4ccccc4c(=O)n1c32. The van der Waals surface area contributed by atoms with Crippen LogP contribution >= 0.6 is 0 Å². The summed E-state index contributed by atoms with van der Waals surface area (Å²) in [4.78, 5) is 33.7. The maximum Gasteiger partial charge on any atom is 0.264 e. The van der Waals surface area contributed by atoms with E-state index in [-0.39, 0.29) is 5.56 Å². The highest BCUT2D eigenvalue weighted by molar-refractivity contribution is 6.26. The average molecular weight is 555 g/mol. The van der Waals surface area contributed by atoms with Crippen LogP contribution in [0.15, 0.2) is 120 Å². The van der Waals surface area contributed by atoms with Gasteiger partial charge >= 0.3 is 0 Å². The molecule has 0 aliphatic carbocycles. The predicted octanol–water partition coefficient (Wildman–Crippen LogP) is 7.36. The van der Waals surface area contributed by atoms with E-state index in [0.717, 1.165) is 54.7 Å². The van der Waals surface area contributed by atoms with Gasteiger partial charge in [0.1, 0.15) is 5.82 Å². The number of hydrogen-bond donors (Lipinski definition) is 0. The molecule has 5 aromatic carbocycles. The van der Waals surface area contributed by atoms with E-state index >= 15 is 0 Å². The van der Waals surface area contributed by atoms with Crippen molar-refractivity contribution in [2.75, 3.05) is 0 Å². The van der Waals surface area contributed by atoms with Crippen molar-refractivity contribution in [3.63, 3.8) is 0 Å². The van der Waals surface area contributed by atoms with E-state index in [1.807, 2.05) is 104 Å². The molecule has 9 aromatic rings. The van der Waals surface area contributed by atoms with E-state index in [1.54, 1.807) is 4.40 Å². The molecule has 43 heavy (non-hydrogen) atoms. The van der Waals surface area contributed by atoms with Crippen LogP contribution in [0.2, 0.25) is 0 Å². The van der Waals surface area contributed by atoms with Gasteiger partial charge in [-0.1, -0.05) is 97.1 Å². The molecule has 0 saturated carbocycles. The normalized spacial score (nSPS) is 11.9. The predicted molar refractivity (Wildman–Crippen MR) is 171 cm³/mol. The van der Waals surface area contributed by atoms with Crippen LogP contribution in [0.5, 0.6) is 0 Å². The molecule has 0 atom stereocenters. The second-order valence-electron chi connectivity index (χ2n) is 10.7. The molecule has 0 amide bonds. The number of rotatable bonds is 3. The fourth-order valence-electron chi connectivity index (χ4n) is 6.40. The van der Waals surface area contributed by atoms with Crippen molar-refractivity contribution in [3.8, 4) is 28.7 Å². The van der Waals surface area contributed by atoms with Gasteiger partial charge in [0.15, 0.2) is 11.6 Å². The van der Waals surface area contributed by atoms with Gasteiger partial charge in [-0.15, -0.1) is 0 Å². The van der Waals surface area contributed by atoms with Crippen molar-refractivity contribution in [1.82, 2.24) is 28.9 Å². The summed E-state index contributed by atoms with van der Waals surface area (Å²) in [6.07, 6.45) is 0. The second kappa shape index (κ2) is 8.77. The molecule has 0 N–H and O–H groups in total. The number of fused-ring (bicyclic) bond motifs is 6. The third-order valence-corrected chi connectivity index (χ3v) is 8.27. The Morgan fingerprint density at radius 3 is 1.81 bits per heavy atom. The van der Waals surface area contributed by atoms with Crippen molar-refractivity contribution in [3.05, 3.63) is 131 Å². The summed E-state index contributed by atoms with van der Waals surface area (Å²) in [5.41, 5.74) is 5.26. The zero-order valence-electron chi connectivity index (χ0n) is 23.1. The first-order valence-corrected chi connectivity index (χ1v) is 14.1. The van der Waals surface area contributed by atoms with Crippen LogP contribution in [0.25, 0.3) is 77.7 Å². The molecule has 7 nitrogen and oxygen atoms in total. The Bertz CT molecular complexity index is 2530. The van der Waals surface area contributed by atoms with E-state index < -0.39 is 0 Å². The first kappa shape index (κ1) is 23.7. The molecule has 0 fully saturated rings. The van der Waals surface area contributed by atoms with Crippen LogP contribution in [-0.4, -0.2) is 28.9 Å². The molecule has 4 heterocycles. The molecule has 7 heteroatoms. The molecule has 0 bridgehead atoms. The van der Waals surface area contributed by atoms with Crippen molar-refractivity contribution in [1.29, 1.82) is 0 Å². The second-order valence-corrected chi connectivity index (χ2v) is 10.7. The highest BCUT2D eigenvalue weighted by atomic mass is 16.1. The number of hydrogen-bond acceptors (Lipinski definition) is 5. The van der Waals surface area contributed by atoms with Crippen molar-refractivity contribution < 1.29 is 0 Å². The molecule has 0 radical (unpaired) electrons. The largest absolute Gasteiger partial charge is 0.278 e. The van der Waals surface area contributed by atoms with Crippen molar-refractivity contribution >= 4 is 49.0 Å². The number of imidazole rings is 1. The summed E-state index contributed by atoms with van der Waals surface area (Å²) in [7, 11) is 0. The topological polar surface area (TPSA) is 78.0 Å². The number of pyridine rings is 1. The number of aryl methyl sites for hydroxylation is 1. The summed E-state index contributed by atoms with van der Waals surface area (Å²) in [6, 6.07) is 38.1. The summed E-state index contributed by atoms with van der Waals surface area (Å²) in [5.74, 6) is 2.36. The first-order chi connectivity index (χ1) is 21.2. The number of benzene rings is 5. The van der Waals surface area contributed by atoms with E-state index in [1.165, 1.54) is 0 Å². The number of nitrogens with zero attached hydrogens (tertiary/aromatic N) is 6. The number of para-hydroxylation sites is 1. The van der Waals surface area contributed by atoms with Gasteiger partial charge in [-0.05, 0) is 30.5 Å². The van der Waals surface area contributed by atoms with Crippen molar-refractivity contribution in [2.24, 2.45) is 0 Å². The lowest BCUT2D eigenvalue weighted by molar-refractivity contribution is 0.954. The Kier molecular flexibility index (Phi) is 4.84. The van der Waals surface area contributed by atoms with E-state index in [2.05, 4.69) is 22.8 Å². The third kappa shape index (κ3) is 3.33. The summed E-state index contributed by atoms with van der Waals surface area (Å²) in [6.45, 7) is 1.89. The Morgan fingerprint density at radius 1 is 0.558 bits per heavy atom. The molecule has 0 spiro atoms. The minimum Gasteiger partial charge on any atom is -0.278 e. The van der Waals surface area contributed by atoms with Crippen LogP contribution in [0.3, 0.4) is 0 Å². The van der Waals surface area contributed by atoms with E-state index in [0.29, 0.717) is 28.8 Å². The molecule has 9 rings (SSSR count). The highest BCUT2D eigenvalue weighted by Gasteiger charge is 2.24. The molecule has 0 unspecified atom stereocenters. The lowest BCUT2D eigenvalue weighted by Gasteiger charge is -2.11. The molecule has 0 aliphatic rings. The maximum absolute atomic E-state index is 13.6. The van der Waals surface area contributed by atoms with Crippen LogP contribution in [0.1, 0.15) is 5.82 Å². The standard InChI is InChI=1S/C36H22N6O/c1-21-37-31-30-26-18-10-11-19-28(26)42(29(30)20-27-24-16-8-9-17-25(24)35(43)41(21)32(27)31)36-39-33(22-12-4-2-5-13-22)38-34(40-36)23-14-6-3-7-15-23/h2-20H,1H3. The van der Waals surface area contributed by atoms with E-state index in [9.17, 15) is 4.79 Å². The molecular formula is C36H22N6O. The van der Waals surface area contributed by atoms with Crippen LogP contribution < -0.4 is 5.56 Å². The fourth-order valence-corrected chi connectivity index (χ4v) is 6.40. The van der Waals surface area contributed by atoms with Gasteiger partial charge in [0.2, 0.25) is 5.95 Å². The zero-order valence-corrected chi connectivity index (χ0v) is 23.1. The Balaban J connectivity index is 1.47. The summed E-state index contributed by atoms with van der Waals surface area (Å²) >= 11 is 0. The fraction of sp³-hybridized carbons (Fsp3) is 0.0278. The van der Waals surface area contributed by atoms with Gasteiger partial charge < -0.3 is 0 Å². The van der Waals surface area contributed by atoms with Gasteiger partial charge in [0.05, 0.1) is 22.1 Å². The number of aromatic nitrogens is 6. The van der Waals surface area contributed by atoms with Crippen LogP contribution in [0.4, 0.5) is 0 Å². The van der Waals surface area contributed by atoms with E-state index in [4.69, 9.17) is 19.9 Å². The lowest BCUT2D eigenvalue weighted by atomic mass is 10.0.